The fraction of sp³-hybridized carbons (Fsp3) is 0.625. The molecular formula is C24H38O3. The van der Waals surface area contributed by atoms with Crippen LogP contribution in [0.4, 0.5) is 0 Å². The Morgan fingerprint density at radius 3 is 1.70 bits per heavy atom. The smallest absolute Gasteiger partial charge is 0.338 e. The van der Waals surface area contributed by atoms with Crippen LogP contribution in [0.5, 0.6) is 5.75 Å². The first-order valence-corrected chi connectivity index (χ1v) is 10.8. The molecule has 0 unspecified atom stereocenters. The van der Waals surface area contributed by atoms with Gasteiger partial charge in [0.25, 0.3) is 0 Å². The number of phenols is 1. The maximum Gasteiger partial charge on any atom is 0.338 e. The van der Waals surface area contributed by atoms with Crippen LogP contribution in [0, 0.1) is 0 Å². The Kier molecular flexibility index (Phi) is 14.1. The van der Waals surface area contributed by atoms with Crippen molar-refractivity contribution in [2.75, 3.05) is 6.61 Å². The van der Waals surface area contributed by atoms with Gasteiger partial charge in [-0.05, 0) is 43.5 Å². The summed E-state index contributed by atoms with van der Waals surface area (Å²) < 4.78 is 5.26. The molecule has 0 radical (unpaired) electrons. The van der Waals surface area contributed by atoms with E-state index in [4.69, 9.17) is 4.74 Å². The van der Waals surface area contributed by atoms with Crippen molar-refractivity contribution in [1.29, 1.82) is 0 Å². The minimum atomic E-state index is -0.310. The molecule has 3 nitrogen and oxygen atoms in total. The maximum atomic E-state index is 11.8. The summed E-state index contributed by atoms with van der Waals surface area (Å²) in [6.07, 6.45) is 20.0. The van der Waals surface area contributed by atoms with Gasteiger partial charge in [0.1, 0.15) is 5.75 Å². The number of esters is 1. The molecular weight excluding hydrogens is 336 g/mol. The number of carbonyl (C=O) groups excluding carboxylic acids is 1. The number of hydrogen-bond donors (Lipinski definition) is 1. The summed E-state index contributed by atoms with van der Waals surface area (Å²) in [4.78, 5) is 11.8. The Morgan fingerprint density at radius 2 is 1.22 bits per heavy atom. The highest BCUT2D eigenvalue weighted by atomic mass is 16.5. The number of hydrogen-bond acceptors (Lipinski definition) is 3. The third kappa shape index (κ3) is 13.1. The molecule has 0 saturated heterocycles. The standard InChI is InChI=1S/C24H38O3/c1-2-3-4-5-6-7-8-9-10-11-12-13-14-15-16-21-27-24(26)22-17-19-23(25)20-18-22/h2,17-20,25H,1,3-16,21H2. The predicted octanol–water partition coefficient (Wildman–Crippen LogP) is 7.20. The summed E-state index contributed by atoms with van der Waals surface area (Å²) >= 11 is 0. The van der Waals surface area contributed by atoms with E-state index in [0.717, 1.165) is 12.8 Å². The summed E-state index contributed by atoms with van der Waals surface area (Å²) in [5.41, 5.74) is 0.490. The molecule has 1 rings (SSSR count). The predicted molar refractivity (Wildman–Crippen MR) is 113 cm³/mol. The van der Waals surface area contributed by atoms with Crippen molar-refractivity contribution in [3.05, 3.63) is 42.5 Å². The molecule has 0 heterocycles. The molecule has 0 bridgehead atoms. The first-order chi connectivity index (χ1) is 13.2. The average molecular weight is 375 g/mol. The van der Waals surface area contributed by atoms with Crippen LogP contribution < -0.4 is 0 Å². The topological polar surface area (TPSA) is 46.5 Å². The fourth-order valence-electron chi connectivity index (χ4n) is 3.18. The normalized spacial score (nSPS) is 10.7. The Morgan fingerprint density at radius 1 is 0.778 bits per heavy atom. The van der Waals surface area contributed by atoms with Crippen molar-refractivity contribution >= 4 is 5.97 Å². The highest BCUT2D eigenvalue weighted by Crippen LogP contribution is 2.14. The Bertz CT molecular complexity index is 493. The molecule has 0 saturated carbocycles. The molecule has 1 N–H and O–H groups in total. The molecule has 27 heavy (non-hydrogen) atoms. The molecule has 1 aromatic rings. The van der Waals surface area contributed by atoms with E-state index in [2.05, 4.69) is 6.58 Å². The van der Waals surface area contributed by atoms with E-state index in [1.807, 2.05) is 6.08 Å². The van der Waals surface area contributed by atoms with Crippen LogP contribution >= 0.6 is 0 Å². The minimum Gasteiger partial charge on any atom is -0.508 e. The van der Waals surface area contributed by atoms with E-state index in [9.17, 15) is 9.90 Å². The third-order valence-electron chi connectivity index (χ3n) is 4.89. The van der Waals surface area contributed by atoms with E-state index in [-0.39, 0.29) is 11.7 Å². The average Bonchev–Trinajstić information content (AvgIpc) is 2.68. The van der Waals surface area contributed by atoms with Crippen molar-refractivity contribution in [2.45, 2.75) is 89.9 Å². The number of phenolic OH excluding ortho intramolecular Hbond substituents is 1. The highest BCUT2D eigenvalue weighted by Gasteiger charge is 2.06. The molecule has 0 aliphatic heterocycles. The van der Waals surface area contributed by atoms with Crippen molar-refractivity contribution in [3.63, 3.8) is 0 Å². The van der Waals surface area contributed by atoms with E-state index >= 15 is 0 Å². The van der Waals surface area contributed by atoms with E-state index in [1.54, 1.807) is 12.1 Å². The van der Waals surface area contributed by atoms with Gasteiger partial charge in [-0.25, -0.2) is 4.79 Å². The summed E-state index contributed by atoms with van der Waals surface area (Å²) in [6, 6.07) is 6.17. The van der Waals surface area contributed by atoms with Crippen LogP contribution in [0.25, 0.3) is 0 Å². The number of unbranched alkanes of at least 4 members (excludes halogenated alkanes) is 13. The van der Waals surface area contributed by atoms with Crippen molar-refractivity contribution in [1.82, 2.24) is 0 Å². The van der Waals surface area contributed by atoms with Crippen LogP contribution in [0.15, 0.2) is 36.9 Å². The number of rotatable bonds is 17. The lowest BCUT2D eigenvalue weighted by molar-refractivity contribution is 0.0497. The summed E-state index contributed by atoms with van der Waals surface area (Å²) in [7, 11) is 0. The Balaban J connectivity index is 1.81. The van der Waals surface area contributed by atoms with Crippen LogP contribution in [-0.2, 0) is 4.74 Å². The van der Waals surface area contributed by atoms with Crippen molar-refractivity contribution in [2.24, 2.45) is 0 Å². The molecule has 152 valence electrons. The monoisotopic (exact) mass is 374 g/mol. The molecule has 0 spiro atoms. The lowest BCUT2D eigenvalue weighted by Crippen LogP contribution is -2.06. The second kappa shape index (κ2) is 16.4. The molecule has 0 aliphatic rings. The number of benzene rings is 1. The number of ether oxygens (including phenoxy) is 1. The van der Waals surface area contributed by atoms with Gasteiger partial charge in [-0.3, -0.25) is 0 Å². The van der Waals surface area contributed by atoms with E-state index in [1.165, 1.54) is 89.2 Å². The first-order valence-electron chi connectivity index (χ1n) is 10.8. The number of allylic oxidation sites excluding steroid dienone is 1. The molecule has 0 amide bonds. The largest absolute Gasteiger partial charge is 0.508 e. The molecule has 0 atom stereocenters. The summed E-state index contributed by atoms with van der Waals surface area (Å²) in [5.74, 6) is -0.151. The van der Waals surface area contributed by atoms with Crippen LogP contribution in [-0.4, -0.2) is 17.7 Å². The van der Waals surface area contributed by atoms with Crippen LogP contribution in [0.3, 0.4) is 0 Å². The zero-order valence-electron chi connectivity index (χ0n) is 17.0. The lowest BCUT2D eigenvalue weighted by Gasteiger charge is -2.05. The van der Waals surface area contributed by atoms with Gasteiger partial charge in [0, 0.05) is 0 Å². The van der Waals surface area contributed by atoms with Gasteiger partial charge in [-0.2, -0.15) is 0 Å². The van der Waals surface area contributed by atoms with Gasteiger partial charge < -0.3 is 9.84 Å². The zero-order valence-corrected chi connectivity index (χ0v) is 17.0. The minimum absolute atomic E-state index is 0.158. The van der Waals surface area contributed by atoms with E-state index in [0.29, 0.717) is 12.2 Å². The summed E-state index contributed by atoms with van der Waals surface area (Å²) in [5, 5.41) is 9.21. The Labute approximate surface area is 165 Å². The maximum absolute atomic E-state index is 11.8. The van der Waals surface area contributed by atoms with Gasteiger partial charge in [0.2, 0.25) is 0 Å². The van der Waals surface area contributed by atoms with Gasteiger partial charge in [0.15, 0.2) is 0 Å². The van der Waals surface area contributed by atoms with Crippen LogP contribution in [0.2, 0.25) is 0 Å². The SMILES string of the molecule is C=CCCCCCCCCCCCCCCCOC(=O)c1ccc(O)cc1. The highest BCUT2D eigenvalue weighted by molar-refractivity contribution is 5.89. The van der Waals surface area contributed by atoms with Gasteiger partial charge >= 0.3 is 5.97 Å². The number of carbonyl (C=O) groups is 1. The summed E-state index contributed by atoms with van der Waals surface area (Å²) in [6.45, 7) is 4.24. The number of aromatic hydroxyl groups is 1. The quantitative estimate of drug-likeness (QED) is 0.178. The van der Waals surface area contributed by atoms with Crippen molar-refractivity contribution < 1.29 is 14.6 Å². The molecule has 0 aromatic heterocycles. The molecule has 0 fully saturated rings. The Hall–Kier alpha value is -1.77. The second-order valence-electron chi connectivity index (χ2n) is 7.36. The zero-order chi connectivity index (χ0) is 19.6. The van der Waals surface area contributed by atoms with Crippen molar-refractivity contribution in [3.8, 4) is 5.75 Å². The molecule has 3 heteroatoms. The molecule has 0 aliphatic carbocycles. The third-order valence-corrected chi connectivity index (χ3v) is 4.89. The van der Waals surface area contributed by atoms with Crippen LogP contribution in [0.1, 0.15) is 100 Å². The molecule has 1 aromatic carbocycles. The van der Waals surface area contributed by atoms with Gasteiger partial charge in [-0.1, -0.05) is 76.7 Å². The van der Waals surface area contributed by atoms with E-state index < -0.39 is 0 Å². The second-order valence-corrected chi connectivity index (χ2v) is 7.36. The van der Waals surface area contributed by atoms with Gasteiger partial charge in [0.05, 0.1) is 12.2 Å². The lowest BCUT2D eigenvalue weighted by atomic mass is 10.0. The van der Waals surface area contributed by atoms with Gasteiger partial charge in [-0.15, -0.1) is 6.58 Å². The fourth-order valence-corrected chi connectivity index (χ4v) is 3.18. The first kappa shape index (κ1) is 23.3.